The second-order valence-electron chi connectivity index (χ2n) is 7.17. The summed E-state index contributed by atoms with van der Waals surface area (Å²) >= 11 is 6.05. The molecule has 2 heterocycles. The average molecular weight is 415 g/mol. The number of rotatable bonds is 3. The average Bonchev–Trinajstić information content (AvgIpc) is 3.05. The smallest absolute Gasteiger partial charge is 0.290 e. The van der Waals surface area contributed by atoms with Crippen molar-refractivity contribution in [1.82, 2.24) is 9.80 Å². The van der Waals surface area contributed by atoms with Gasteiger partial charge in [0.25, 0.3) is 5.91 Å². The van der Waals surface area contributed by atoms with E-state index in [1.54, 1.807) is 40.1 Å². The van der Waals surface area contributed by atoms with E-state index < -0.39 is 0 Å². The Morgan fingerprint density at radius 1 is 1.03 bits per heavy atom. The van der Waals surface area contributed by atoms with Crippen LogP contribution in [0.15, 0.2) is 46.9 Å². The van der Waals surface area contributed by atoms with Gasteiger partial charge in [-0.25, -0.2) is 4.39 Å². The summed E-state index contributed by atoms with van der Waals surface area (Å²) in [4.78, 5) is 28.9. The van der Waals surface area contributed by atoms with Gasteiger partial charge in [0.2, 0.25) is 5.91 Å². The normalized spacial score (nSPS) is 14.4. The van der Waals surface area contributed by atoms with E-state index in [4.69, 9.17) is 16.0 Å². The van der Waals surface area contributed by atoms with Gasteiger partial charge in [0.1, 0.15) is 11.4 Å². The maximum Gasteiger partial charge on any atom is 0.290 e. The number of aryl methyl sites for hydroxylation is 1. The van der Waals surface area contributed by atoms with Crippen LogP contribution in [0.3, 0.4) is 0 Å². The van der Waals surface area contributed by atoms with Crippen LogP contribution in [0.2, 0.25) is 5.02 Å². The molecule has 5 nitrogen and oxygen atoms in total. The molecule has 0 saturated carbocycles. The fraction of sp³-hybridized carbons (Fsp3) is 0.273. The summed E-state index contributed by atoms with van der Waals surface area (Å²) in [7, 11) is 0. The van der Waals surface area contributed by atoms with Gasteiger partial charge < -0.3 is 14.2 Å². The molecular formula is C22H20ClFN2O3. The second-order valence-corrected chi connectivity index (χ2v) is 7.61. The van der Waals surface area contributed by atoms with Crippen LogP contribution < -0.4 is 0 Å². The van der Waals surface area contributed by atoms with Crippen LogP contribution >= 0.6 is 11.6 Å². The predicted molar refractivity (Wildman–Crippen MR) is 109 cm³/mol. The molecule has 1 fully saturated rings. The second kappa shape index (κ2) is 7.87. The van der Waals surface area contributed by atoms with Gasteiger partial charge in [0, 0.05) is 42.2 Å². The number of carbonyl (C=O) groups is 2. The molecule has 2 amide bonds. The number of furan rings is 1. The molecule has 4 rings (SSSR count). The van der Waals surface area contributed by atoms with E-state index in [9.17, 15) is 14.0 Å². The lowest BCUT2D eigenvalue weighted by atomic mass is 10.1. The first-order valence-corrected chi connectivity index (χ1v) is 9.80. The Hall–Kier alpha value is -2.86. The number of halogens is 2. The number of hydrogen-bond donors (Lipinski definition) is 0. The van der Waals surface area contributed by atoms with E-state index in [1.165, 1.54) is 12.1 Å². The molecule has 0 bridgehead atoms. The molecular weight excluding hydrogens is 395 g/mol. The van der Waals surface area contributed by atoms with E-state index in [1.807, 2.05) is 6.92 Å². The van der Waals surface area contributed by atoms with E-state index in [0.717, 1.165) is 16.5 Å². The van der Waals surface area contributed by atoms with Crippen molar-refractivity contribution >= 4 is 34.4 Å². The van der Waals surface area contributed by atoms with E-state index >= 15 is 0 Å². The van der Waals surface area contributed by atoms with Gasteiger partial charge in [-0.2, -0.15) is 0 Å². The van der Waals surface area contributed by atoms with Crippen LogP contribution in [0.1, 0.15) is 21.7 Å². The van der Waals surface area contributed by atoms with Crippen molar-refractivity contribution in [2.45, 2.75) is 13.3 Å². The Morgan fingerprint density at radius 2 is 1.69 bits per heavy atom. The largest absolute Gasteiger partial charge is 0.451 e. The number of amides is 2. The fourth-order valence-electron chi connectivity index (χ4n) is 3.59. The Bertz CT molecular complexity index is 1070. The summed E-state index contributed by atoms with van der Waals surface area (Å²) in [6, 6.07) is 11.2. The maximum atomic E-state index is 13.0. The molecule has 29 heavy (non-hydrogen) atoms. The first-order valence-electron chi connectivity index (χ1n) is 9.42. The minimum absolute atomic E-state index is 0.0294. The van der Waals surface area contributed by atoms with Crippen LogP contribution in [0.5, 0.6) is 0 Å². The summed E-state index contributed by atoms with van der Waals surface area (Å²) in [6.07, 6.45) is 0.220. The summed E-state index contributed by atoms with van der Waals surface area (Å²) in [5.74, 6) is -0.219. The third-order valence-electron chi connectivity index (χ3n) is 5.28. The molecule has 1 aromatic heterocycles. The zero-order chi connectivity index (χ0) is 20.5. The molecule has 2 aromatic carbocycles. The number of benzene rings is 2. The molecule has 3 aromatic rings. The van der Waals surface area contributed by atoms with Crippen LogP contribution in [-0.4, -0.2) is 47.8 Å². The first kappa shape index (κ1) is 19.5. The van der Waals surface area contributed by atoms with Crippen molar-refractivity contribution in [3.05, 3.63) is 70.2 Å². The monoisotopic (exact) mass is 414 g/mol. The standard InChI is InChI=1S/C22H20ClFN2O3/c1-14-18-13-16(23)4-7-19(18)29-21(14)22(28)26-10-8-25(9-11-26)20(27)12-15-2-5-17(24)6-3-15/h2-7,13H,8-12H2,1H3. The van der Waals surface area contributed by atoms with Crippen molar-refractivity contribution in [3.8, 4) is 0 Å². The topological polar surface area (TPSA) is 53.8 Å². The number of hydrogen-bond acceptors (Lipinski definition) is 3. The van der Waals surface area contributed by atoms with Crippen molar-refractivity contribution in [1.29, 1.82) is 0 Å². The summed E-state index contributed by atoms with van der Waals surface area (Å²) in [5.41, 5.74) is 2.16. The van der Waals surface area contributed by atoms with Crippen molar-refractivity contribution < 1.29 is 18.4 Å². The van der Waals surface area contributed by atoms with E-state index in [0.29, 0.717) is 42.5 Å². The summed E-state index contributed by atoms with van der Waals surface area (Å²) in [5, 5.41) is 1.42. The fourth-order valence-corrected chi connectivity index (χ4v) is 3.76. The zero-order valence-corrected chi connectivity index (χ0v) is 16.7. The van der Waals surface area contributed by atoms with Gasteiger partial charge in [-0.05, 0) is 42.8 Å². The molecule has 1 saturated heterocycles. The predicted octanol–water partition coefficient (Wildman–Crippen LogP) is 4.06. The highest BCUT2D eigenvalue weighted by Crippen LogP contribution is 2.29. The van der Waals surface area contributed by atoms with Crippen LogP contribution in [0.25, 0.3) is 11.0 Å². The molecule has 0 spiro atoms. The first-order chi connectivity index (χ1) is 13.9. The number of carbonyl (C=O) groups excluding carboxylic acids is 2. The Morgan fingerprint density at radius 3 is 2.38 bits per heavy atom. The van der Waals surface area contributed by atoms with Crippen molar-refractivity contribution in [2.24, 2.45) is 0 Å². The van der Waals surface area contributed by atoms with Gasteiger partial charge in [-0.15, -0.1) is 0 Å². The highest BCUT2D eigenvalue weighted by atomic mass is 35.5. The van der Waals surface area contributed by atoms with Gasteiger partial charge in [-0.3, -0.25) is 9.59 Å². The number of fused-ring (bicyclic) bond motifs is 1. The summed E-state index contributed by atoms with van der Waals surface area (Å²) < 4.78 is 18.8. The van der Waals surface area contributed by atoms with Crippen molar-refractivity contribution in [3.63, 3.8) is 0 Å². The van der Waals surface area contributed by atoms with E-state index in [2.05, 4.69) is 0 Å². The Balaban J connectivity index is 1.40. The van der Waals surface area contributed by atoms with Crippen LogP contribution in [0, 0.1) is 12.7 Å². The molecule has 0 N–H and O–H groups in total. The third kappa shape index (κ3) is 3.98. The SMILES string of the molecule is Cc1c(C(=O)N2CCN(C(=O)Cc3ccc(F)cc3)CC2)oc2ccc(Cl)cc12. The van der Waals surface area contributed by atoms with Crippen LogP contribution in [0.4, 0.5) is 4.39 Å². The van der Waals surface area contributed by atoms with Gasteiger partial charge in [0.05, 0.1) is 6.42 Å². The minimum atomic E-state index is -0.323. The summed E-state index contributed by atoms with van der Waals surface area (Å²) in [6.45, 7) is 3.63. The lowest BCUT2D eigenvalue weighted by Gasteiger charge is -2.34. The quantitative estimate of drug-likeness (QED) is 0.649. The maximum absolute atomic E-state index is 13.0. The molecule has 0 radical (unpaired) electrons. The molecule has 1 aliphatic rings. The Kier molecular flexibility index (Phi) is 5.28. The number of piperazine rings is 1. The highest BCUT2D eigenvalue weighted by molar-refractivity contribution is 6.31. The Labute approximate surface area is 172 Å². The molecule has 0 atom stereocenters. The van der Waals surface area contributed by atoms with Crippen LogP contribution in [-0.2, 0) is 11.2 Å². The lowest BCUT2D eigenvalue weighted by molar-refractivity contribution is -0.131. The highest BCUT2D eigenvalue weighted by Gasteiger charge is 2.28. The molecule has 7 heteroatoms. The molecule has 150 valence electrons. The lowest BCUT2D eigenvalue weighted by Crippen LogP contribution is -2.51. The molecule has 1 aliphatic heterocycles. The minimum Gasteiger partial charge on any atom is -0.451 e. The van der Waals surface area contributed by atoms with Gasteiger partial charge in [0.15, 0.2) is 5.76 Å². The number of nitrogens with zero attached hydrogens (tertiary/aromatic N) is 2. The van der Waals surface area contributed by atoms with Gasteiger partial charge in [-0.1, -0.05) is 23.7 Å². The molecule has 0 aliphatic carbocycles. The molecule has 0 unspecified atom stereocenters. The van der Waals surface area contributed by atoms with Gasteiger partial charge >= 0.3 is 0 Å². The zero-order valence-electron chi connectivity index (χ0n) is 16.0. The van der Waals surface area contributed by atoms with Crippen molar-refractivity contribution in [2.75, 3.05) is 26.2 Å². The third-order valence-corrected chi connectivity index (χ3v) is 5.52. The van der Waals surface area contributed by atoms with E-state index in [-0.39, 0.29) is 24.1 Å².